The number of hydrogen-bond acceptors (Lipinski definition) is 3. The van der Waals surface area contributed by atoms with Crippen LogP contribution >= 0.6 is 23.2 Å². The Labute approximate surface area is 133 Å². The van der Waals surface area contributed by atoms with Crippen molar-refractivity contribution >= 4 is 35.0 Å². The van der Waals surface area contributed by atoms with Crippen molar-refractivity contribution in [2.75, 3.05) is 0 Å². The number of nitrogens with zero attached hydrogens (tertiary/aromatic N) is 1. The minimum absolute atomic E-state index is 0.0746. The van der Waals surface area contributed by atoms with Crippen molar-refractivity contribution in [3.05, 3.63) is 33.8 Å². The first kappa shape index (κ1) is 14.8. The van der Waals surface area contributed by atoms with Crippen molar-refractivity contribution < 1.29 is 9.59 Å². The second-order valence-electron chi connectivity index (χ2n) is 5.64. The second kappa shape index (κ2) is 5.59. The highest BCUT2D eigenvalue weighted by Gasteiger charge is 2.46. The molecule has 1 aliphatic carbocycles. The quantitative estimate of drug-likeness (QED) is 0.865. The lowest BCUT2D eigenvalue weighted by Crippen LogP contribution is -2.40. The number of benzene rings is 1. The van der Waals surface area contributed by atoms with Crippen LogP contribution in [0.2, 0.25) is 10.0 Å². The van der Waals surface area contributed by atoms with E-state index in [0.717, 1.165) is 18.4 Å². The molecule has 0 bridgehead atoms. The van der Waals surface area contributed by atoms with Crippen molar-refractivity contribution in [2.45, 2.75) is 44.3 Å². The van der Waals surface area contributed by atoms with Gasteiger partial charge in [-0.25, -0.2) is 0 Å². The van der Waals surface area contributed by atoms with Gasteiger partial charge in [0.05, 0.1) is 12.5 Å². The summed E-state index contributed by atoms with van der Waals surface area (Å²) in [6.07, 6.45) is 2.09. The van der Waals surface area contributed by atoms with E-state index in [0.29, 0.717) is 10.0 Å². The van der Waals surface area contributed by atoms with E-state index in [1.807, 2.05) is 13.0 Å². The Kier molecular flexibility index (Phi) is 3.95. The van der Waals surface area contributed by atoms with Crippen LogP contribution in [0.4, 0.5) is 0 Å². The van der Waals surface area contributed by atoms with Crippen LogP contribution in [0.1, 0.15) is 37.8 Å². The lowest BCUT2D eigenvalue weighted by atomic mass is 10.1. The highest BCUT2D eigenvalue weighted by Crippen LogP contribution is 2.33. The van der Waals surface area contributed by atoms with E-state index in [1.54, 1.807) is 12.1 Å². The van der Waals surface area contributed by atoms with E-state index in [9.17, 15) is 9.59 Å². The van der Waals surface area contributed by atoms with Gasteiger partial charge in [-0.3, -0.25) is 19.8 Å². The third kappa shape index (κ3) is 2.93. The van der Waals surface area contributed by atoms with Crippen molar-refractivity contribution in [1.29, 1.82) is 0 Å². The van der Waals surface area contributed by atoms with Gasteiger partial charge >= 0.3 is 0 Å². The lowest BCUT2D eigenvalue weighted by molar-refractivity contribution is -0.139. The minimum Gasteiger partial charge on any atom is -0.299 e. The highest BCUT2D eigenvalue weighted by molar-refractivity contribution is 6.35. The van der Waals surface area contributed by atoms with E-state index in [4.69, 9.17) is 23.2 Å². The van der Waals surface area contributed by atoms with E-state index < -0.39 is 6.04 Å². The summed E-state index contributed by atoms with van der Waals surface area (Å²) in [6, 6.07) is 4.82. The van der Waals surface area contributed by atoms with Crippen LogP contribution < -0.4 is 5.32 Å². The number of likely N-dealkylation sites (tertiary alicyclic amines) is 1. The molecule has 1 saturated carbocycles. The predicted molar refractivity (Wildman–Crippen MR) is 81.3 cm³/mol. The third-order valence-electron chi connectivity index (χ3n) is 3.98. The molecule has 2 fully saturated rings. The maximum Gasteiger partial charge on any atom is 0.247 e. The van der Waals surface area contributed by atoms with Gasteiger partial charge in [0, 0.05) is 22.1 Å². The Bertz CT molecular complexity index is 601. The van der Waals surface area contributed by atoms with Gasteiger partial charge in [-0.2, -0.15) is 0 Å². The Morgan fingerprint density at radius 1 is 1.29 bits per heavy atom. The van der Waals surface area contributed by atoms with Crippen LogP contribution in [0, 0.1) is 0 Å². The molecule has 2 unspecified atom stereocenters. The lowest BCUT2D eigenvalue weighted by Gasteiger charge is -2.20. The van der Waals surface area contributed by atoms with Crippen LogP contribution in [0.3, 0.4) is 0 Å². The number of halogens is 2. The molecule has 1 aliphatic heterocycles. The number of nitrogens with one attached hydrogen (secondary N) is 1. The van der Waals surface area contributed by atoms with Gasteiger partial charge in [0.25, 0.3) is 0 Å². The Hall–Kier alpha value is -1.10. The molecule has 1 saturated heterocycles. The molecule has 6 heteroatoms. The average Bonchev–Trinajstić information content (AvgIpc) is 3.18. The van der Waals surface area contributed by atoms with Crippen molar-refractivity contribution in [2.24, 2.45) is 0 Å². The fourth-order valence-corrected chi connectivity index (χ4v) is 3.31. The van der Waals surface area contributed by atoms with E-state index >= 15 is 0 Å². The molecule has 1 aromatic carbocycles. The molecular formula is C15H16Cl2N2O2. The fraction of sp³-hybridized carbons (Fsp3) is 0.467. The Morgan fingerprint density at radius 3 is 2.62 bits per heavy atom. The molecule has 0 aromatic heterocycles. The number of rotatable bonds is 4. The first-order valence-corrected chi connectivity index (χ1v) is 7.80. The molecular weight excluding hydrogens is 311 g/mol. The first-order chi connectivity index (χ1) is 9.97. The van der Waals surface area contributed by atoms with Gasteiger partial charge in [-0.1, -0.05) is 29.3 Å². The SMILES string of the molecule is CC(NC1CC(=O)N(C2CC2)C1=O)c1ccc(Cl)cc1Cl. The fourth-order valence-electron chi connectivity index (χ4n) is 2.74. The predicted octanol–water partition coefficient (Wildman–Crippen LogP) is 2.93. The smallest absolute Gasteiger partial charge is 0.247 e. The van der Waals surface area contributed by atoms with Crippen LogP contribution in [-0.4, -0.2) is 28.8 Å². The maximum absolute atomic E-state index is 12.3. The summed E-state index contributed by atoms with van der Waals surface area (Å²) in [5.41, 5.74) is 0.867. The summed E-state index contributed by atoms with van der Waals surface area (Å²) in [5.74, 6) is -0.186. The van der Waals surface area contributed by atoms with Crippen molar-refractivity contribution in [1.82, 2.24) is 10.2 Å². The van der Waals surface area contributed by atoms with Crippen LogP contribution in [0.25, 0.3) is 0 Å². The summed E-state index contributed by atoms with van der Waals surface area (Å²) in [7, 11) is 0. The molecule has 2 amide bonds. The minimum atomic E-state index is -0.458. The Morgan fingerprint density at radius 2 is 2.00 bits per heavy atom. The second-order valence-corrected chi connectivity index (χ2v) is 6.49. The third-order valence-corrected chi connectivity index (χ3v) is 4.54. The summed E-state index contributed by atoms with van der Waals surface area (Å²) in [4.78, 5) is 25.6. The molecule has 4 nitrogen and oxygen atoms in total. The summed E-state index contributed by atoms with van der Waals surface area (Å²) in [5, 5.41) is 4.33. The van der Waals surface area contributed by atoms with E-state index in [1.165, 1.54) is 4.90 Å². The van der Waals surface area contributed by atoms with Gasteiger partial charge in [0.1, 0.15) is 0 Å². The van der Waals surface area contributed by atoms with Crippen molar-refractivity contribution in [3.63, 3.8) is 0 Å². The van der Waals surface area contributed by atoms with Crippen molar-refractivity contribution in [3.8, 4) is 0 Å². The summed E-state index contributed by atoms with van der Waals surface area (Å²) >= 11 is 12.1. The molecule has 21 heavy (non-hydrogen) atoms. The van der Waals surface area contributed by atoms with Gasteiger partial charge in [0.2, 0.25) is 11.8 Å². The van der Waals surface area contributed by atoms with Gasteiger partial charge < -0.3 is 0 Å². The zero-order valence-electron chi connectivity index (χ0n) is 11.6. The standard InChI is InChI=1S/C15H16Cl2N2O2/c1-8(11-5-2-9(16)6-12(11)17)18-13-7-14(20)19(15(13)21)10-3-4-10/h2,5-6,8,10,13,18H,3-4,7H2,1H3. The largest absolute Gasteiger partial charge is 0.299 e. The number of carbonyl (C=O) groups is 2. The number of amides is 2. The average molecular weight is 327 g/mol. The zero-order valence-corrected chi connectivity index (χ0v) is 13.1. The summed E-state index contributed by atoms with van der Waals surface area (Å²) in [6.45, 7) is 1.92. The molecule has 0 spiro atoms. The topological polar surface area (TPSA) is 49.4 Å². The van der Waals surface area contributed by atoms with Gasteiger partial charge in [-0.05, 0) is 37.5 Å². The molecule has 112 valence electrons. The number of hydrogen-bond donors (Lipinski definition) is 1. The molecule has 1 aromatic rings. The summed E-state index contributed by atoms with van der Waals surface area (Å²) < 4.78 is 0. The normalized spacial score (nSPS) is 23.8. The van der Waals surface area contributed by atoms with Gasteiger partial charge in [-0.15, -0.1) is 0 Å². The van der Waals surface area contributed by atoms with Crippen LogP contribution in [0.15, 0.2) is 18.2 Å². The first-order valence-electron chi connectivity index (χ1n) is 7.04. The zero-order chi connectivity index (χ0) is 15.1. The maximum atomic E-state index is 12.3. The van der Waals surface area contributed by atoms with Crippen LogP contribution in [-0.2, 0) is 9.59 Å². The molecule has 3 rings (SSSR count). The Balaban J connectivity index is 1.71. The number of carbonyl (C=O) groups excluding carboxylic acids is 2. The molecule has 1 heterocycles. The molecule has 2 atom stereocenters. The van der Waals surface area contributed by atoms with E-state index in [-0.39, 0.29) is 30.3 Å². The highest BCUT2D eigenvalue weighted by atomic mass is 35.5. The number of imide groups is 1. The van der Waals surface area contributed by atoms with Gasteiger partial charge in [0.15, 0.2) is 0 Å². The molecule has 2 aliphatic rings. The molecule has 1 N–H and O–H groups in total. The molecule has 0 radical (unpaired) electrons. The van der Waals surface area contributed by atoms with Crippen LogP contribution in [0.5, 0.6) is 0 Å². The van der Waals surface area contributed by atoms with E-state index in [2.05, 4.69) is 5.32 Å². The monoisotopic (exact) mass is 326 g/mol.